The third-order valence-corrected chi connectivity index (χ3v) is 4.97. The normalized spacial score (nSPS) is 17.2. The van der Waals surface area contributed by atoms with E-state index in [0.717, 1.165) is 37.0 Å². The number of carboxylic acid groups (broad SMARTS) is 1. The van der Waals surface area contributed by atoms with Crippen molar-refractivity contribution in [3.05, 3.63) is 16.5 Å². The Labute approximate surface area is 123 Å². The molecule has 0 radical (unpaired) electrons. The van der Waals surface area contributed by atoms with Gasteiger partial charge in [0.1, 0.15) is 4.88 Å². The van der Waals surface area contributed by atoms with E-state index in [2.05, 4.69) is 5.32 Å². The first-order chi connectivity index (χ1) is 9.58. The number of amides is 1. The van der Waals surface area contributed by atoms with E-state index in [1.54, 1.807) is 13.0 Å². The number of rotatable bonds is 3. The Morgan fingerprint density at radius 2 is 1.80 bits per heavy atom. The zero-order valence-corrected chi connectivity index (χ0v) is 12.6. The quantitative estimate of drug-likeness (QED) is 0.884. The van der Waals surface area contributed by atoms with Crippen LogP contribution in [0.2, 0.25) is 0 Å². The molecule has 0 aromatic carbocycles. The first kappa shape index (κ1) is 15.0. The zero-order valence-electron chi connectivity index (χ0n) is 11.8. The summed E-state index contributed by atoms with van der Waals surface area (Å²) in [7, 11) is 0. The first-order valence-corrected chi connectivity index (χ1v) is 8.04. The van der Waals surface area contributed by atoms with Gasteiger partial charge in [0.25, 0.3) is 0 Å². The molecule has 1 aromatic heterocycles. The molecule has 2 N–H and O–H groups in total. The van der Waals surface area contributed by atoms with Gasteiger partial charge in [-0.25, -0.2) is 4.79 Å². The molecule has 1 aliphatic rings. The molecule has 110 valence electrons. The van der Waals surface area contributed by atoms with Crippen LogP contribution < -0.4 is 5.32 Å². The standard InChI is InChI=1S/C15H21NO3S/c1-10-9-12(20-13(10)15(18)19)16-14(17)11-7-5-3-2-4-6-8-11/h9,11H,2-8H2,1H3,(H,16,17)(H,18,19). The molecule has 0 bridgehead atoms. The van der Waals surface area contributed by atoms with E-state index in [1.807, 2.05) is 0 Å². The average Bonchev–Trinajstić information content (AvgIpc) is 2.69. The number of anilines is 1. The van der Waals surface area contributed by atoms with E-state index < -0.39 is 5.97 Å². The van der Waals surface area contributed by atoms with Gasteiger partial charge < -0.3 is 10.4 Å². The van der Waals surface area contributed by atoms with Gasteiger partial charge in [0.05, 0.1) is 5.00 Å². The molecule has 5 heteroatoms. The van der Waals surface area contributed by atoms with E-state index in [4.69, 9.17) is 5.11 Å². The highest BCUT2D eigenvalue weighted by molar-refractivity contribution is 7.18. The number of aromatic carboxylic acids is 1. The molecule has 1 aliphatic carbocycles. The van der Waals surface area contributed by atoms with Crippen molar-refractivity contribution in [3.8, 4) is 0 Å². The minimum Gasteiger partial charge on any atom is -0.477 e. The second-order valence-corrected chi connectivity index (χ2v) is 6.51. The second kappa shape index (κ2) is 6.88. The predicted octanol–water partition coefficient (Wildman–Crippen LogP) is 4.05. The summed E-state index contributed by atoms with van der Waals surface area (Å²) in [6.45, 7) is 1.76. The van der Waals surface area contributed by atoms with Gasteiger partial charge in [0.15, 0.2) is 0 Å². The first-order valence-electron chi connectivity index (χ1n) is 7.22. The SMILES string of the molecule is Cc1cc(NC(=O)C2CCCCCCC2)sc1C(=O)O. The van der Waals surface area contributed by atoms with Crippen molar-refractivity contribution in [2.24, 2.45) is 5.92 Å². The Hall–Kier alpha value is -1.36. The van der Waals surface area contributed by atoms with Gasteiger partial charge in [-0.3, -0.25) is 4.79 Å². The van der Waals surface area contributed by atoms with E-state index in [1.165, 1.54) is 19.3 Å². The van der Waals surface area contributed by atoms with Crippen LogP contribution in [-0.4, -0.2) is 17.0 Å². The monoisotopic (exact) mass is 295 g/mol. The van der Waals surface area contributed by atoms with Crippen LogP contribution in [0.4, 0.5) is 5.00 Å². The van der Waals surface area contributed by atoms with Gasteiger partial charge in [0.2, 0.25) is 5.91 Å². The molecule has 1 heterocycles. The topological polar surface area (TPSA) is 66.4 Å². The average molecular weight is 295 g/mol. The Bertz CT molecular complexity index is 487. The number of hydrogen-bond donors (Lipinski definition) is 2. The predicted molar refractivity (Wildman–Crippen MR) is 80.5 cm³/mol. The molecule has 0 atom stereocenters. The fourth-order valence-electron chi connectivity index (χ4n) is 2.70. The molecule has 2 rings (SSSR count). The number of carbonyl (C=O) groups is 2. The van der Waals surface area contributed by atoms with Gasteiger partial charge >= 0.3 is 5.97 Å². The lowest BCUT2D eigenvalue weighted by Gasteiger charge is -2.18. The highest BCUT2D eigenvalue weighted by atomic mass is 32.1. The van der Waals surface area contributed by atoms with Crippen molar-refractivity contribution >= 4 is 28.2 Å². The van der Waals surface area contributed by atoms with Crippen LogP contribution in [0.25, 0.3) is 0 Å². The fourth-order valence-corrected chi connectivity index (χ4v) is 3.61. The number of carboxylic acids is 1. The summed E-state index contributed by atoms with van der Waals surface area (Å²) in [5.41, 5.74) is 0.704. The van der Waals surface area contributed by atoms with Crippen molar-refractivity contribution in [1.82, 2.24) is 0 Å². The maximum Gasteiger partial charge on any atom is 0.346 e. The van der Waals surface area contributed by atoms with E-state index >= 15 is 0 Å². The molecule has 1 saturated carbocycles. The molecule has 4 nitrogen and oxygen atoms in total. The van der Waals surface area contributed by atoms with Crippen LogP contribution in [0.15, 0.2) is 6.07 Å². The lowest BCUT2D eigenvalue weighted by atomic mass is 9.90. The highest BCUT2D eigenvalue weighted by Crippen LogP contribution is 2.29. The number of aryl methyl sites for hydroxylation is 1. The molecule has 1 fully saturated rings. The summed E-state index contributed by atoms with van der Waals surface area (Å²) in [6, 6.07) is 1.74. The maximum atomic E-state index is 12.3. The number of hydrogen-bond acceptors (Lipinski definition) is 3. The minimum absolute atomic E-state index is 0.0464. The van der Waals surface area contributed by atoms with Gasteiger partial charge in [-0.05, 0) is 31.4 Å². The van der Waals surface area contributed by atoms with Crippen molar-refractivity contribution in [2.75, 3.05) is 5.32 Å². The summed E-state index contributed by atoms with van der Waals surface area (Å²) in [4.78, 5) is 23.6. The maximum absolute atomic E-state index is 12.3. The van der Waals surface area contributed by atoms with Crippen molar-refractivity contribution < 1.29 is 14.7 Å². The molecule has 1 aromatic rings. The van der Waals surface area contributed by atoms with Gasteiger partial charge in [-0.1, -0.05) is 32.1 Å². The van der Waals surface area contributed by atoms with Crippen LogP contribution in [0.5, 0.6) is 0 Å². The fraction of sp³-hybridized carbons (Fsp3) is 0.600. The lowest BCUT2D eigenvalue weighted by molar-refractivity contribution is -0.120. The Kier molecular flexibility index (Phi) is 5.17. The zero-order chi connectivity index (χ0) is 14.5. The lowest BCUT2D eigenvalue weighted by Crippen LogP contribution is -2.23. The number of thiophene rings is 1. The van der Waals surface area contributed by atoms with E-state index in [-0.39, 0.29) is 11.8 Å². The molecule has 20 heavy (non-hydrogen) atoms. The summed E-state index contributed by atoms with van der Waals surface area (Å²) < 4.78 is 0. The molecular weight excluding hydrogens is 274 g/mol. The molecule has 0 saturated heterocycles. The number of carbonyl (C=O) groups excluding carboxylic acids is 1. The second-order valence-electron chi connectivity index (χ2n) is 5.46. The van der Waals surface area contributed by atoms with Crippen molar-refractivity contribution in [1.29, 1.82) is 0 Å². The summed E-state index contributed by atoms with van der Waals surface area (Å²) in [6.07, 6.45) is 7.82. The largest absolute Gasteiger partial charge is 0.477 e. The third-order valence-electron chi connectivity index (χ3n) is 3.83. The van der Waals surface area contributed by atoms with Crippen LogP contribution in [0, 0.1) is 12.8 Å². The Balaban J connectivity index is 1.99. The Morgan fingerprint density at radius 1 is 1.20 bits per heavy atom. The van der Waals surface area contributed by atoms with Crippen LogP contribution in [0.3, 0.4) is 0 Å². The third kappa shape index (κ3) is 3.82. The van der Waals surface area contributed by atoms with Gasteiger partial charge in [0, 0.05) is 5.92 Å². The molecule has 1 amide bonds. The van der Waals surface area contributed by atoms with Gasteiger partial charge in [-0.2, -0.15) is 0 Å². The van der Waals surface area contributed by atoms with Gasteiger partial charge in [-0.15, -0.1) is 11.3 Å². The van der Waals surface area contributed by atoms with Crippen LogP contribution >= 0.6 is 11.3 Å². The summed E-state index contributed by atoms with van der Waals surface area (Å²) in [5, 5.41) is 12.6. The smallest absolute Gasteiger partial charge is 0.346 e. The van der Waals surface area contributed by atoms with E-state index in [9.17, 15) is 9.59 Å². The minimum atomic E-state index is -0.932. The van der Waals surface area contributed by atoms with Crippen LogP contribution in [0.1, 0.15) is 60.2 Å². The summed E-state index contributed by atoms with van der Waals surface area (Å²) in [5.74, 6) is -0.810. The summed E-state index contributed by atoms with van der Waals surface area (Å²) >= 11 is 1.14. The molecular formula is C15H21NO3S. The highest BCUT2D eigenvalue weighted by Gasteiger charge is 2.21. The molecule has 0 aliphatic heterocycles. The number of nitrogens with one attached hydrogen (secondary N) is 1. The molecule has 0 spiro atoms. The van der Waals surface area contributed by atoms with Crippen molar-refractivity contribution in [3.63, 3.8) is 0 Å². The van der Waals surface area contributed by atoms with Crippen molar-refractivity contribution in [2.45, 2.75) is 51.9 Å². The van der Waals surface area contributed by atoms with Crippen LogP contribution in [-0.2, 0) is 4.79 Å². The van der Waals surface area contributed by atoms with E-state index in [0.29, 0.717) is 15.4 Å². The Morgan fingerprint density at radius 3 is 2.35 bits per heavy atom. The molecule has 0 unspecified atom stereocenters.